The molecular weight excluding hydrogens is 399 g/mol. The second-order valence-corrected chi connectivity index (χ2v) is 6.66. The first kappa shape index (κ1) is 19.3. The molecule has 0 fully saturated rings. The maximum absolute atomic E-state index is 12.8. The minimum absolute atomic E-state index is 0.131. The third kappa shape index (κ3) is 4.64. The molecule has 0 atom stereocenters. The Balaban J connectivity index is 1.63. The monoisotopic (exact) mass is 413 g/mol. The number of carbonyl (C=O) groups excluding carboxylic acids is 1. The molecule has 0 unspecified atom stereocenters. The first-order chi connectivity index (χ1) is 12.8. The van der Waals surface area contributed by atoms with Gasteiger partial charge in [-0.2, -0.15) is 10.2 Å². The van der Waals surface area contributed by atoms with Gasteiger partial charge in [-0.1, -0.05) is 35.3 Å². The summed E-state index contributed by atoms with van der Waals surface area (Å²) in [6, 6.07) is 7.34. The molecule has 0 bridgehead atoms. The fraction of sp³-hybridized carbons (Fsp3) is 0.235. The quantitative estimate of drug-likeness (QED) is 0.654. The summed E-state index contributed by atoms with van der Waals surface area (Å²) in [7, 11) is 0. The summed E-state index contributed by atoms with van der Waals surface area (Å²) in [5, 5.41) is 11.1. The van der Waals surface area contributed by atoms with Crippen LogP contribution in [0.2, 0.25) is 10.0 Å². The van der Waals surface area contributed by atoms with Crippen LogP contribution in [0.25, 0.3) is 0 Å². The maximum Gasteiger partial charge on any atom is 0.283 e. The van der Waals surface area contributed by atoms with Gasteiger partial charge in [-0.15, -0.1) is 0 Å². The molecule has 3 aromatic rings. The summed E-state index contributed by atoms with van der Waals surface area (Å²) in [6.45, 7) is 1.80. The van der Waals surface area contributed by atoms with Gasteiger partial charge in [-0.3, -0.25) is 14.2 Å². The van der Waals surface area contributed by atoms with Crippen molar-refractivity contribution in [1.29, 1.82) is 0 Å². The molecule has 27 heavy (non-hydrogen) atoms. The number of hydrogen-bond donors (Lipinski definition) is 1. The van der Waals surface area contributed by atoms with Crippen LogP contribution in [0.1, 0.15) is 23.4 Å². The first-order valence-corrected chi connectivity index (χ1v) is 8.67. The van der Waals surface area contributed by atoms with E-state index in [1.54, 1.807) is 23.0 Å². The van der Waals surface area contributed by atoms with Gasteiger partial charge >= 0.3 is 0 Å². The molecule has 1 aromatic carbocycles. The molecular formula is C17H15Cl2F2N5O. The van der Waals surface area contributed by atoms with Gasteiger partial charge in [0, 0.05) is 11.2 Å². The van der Waals surface area contributed by atoms with Gasteiger partial charge in [0.2, 0.25) is 5.91 Å². The van der Waals surface area contributed by atoms with Gasteiger partial charge in [-0.25, -0.2) is 8.78 Å². The number of halogens is 4. The zero-order valence-electron chi connectivity index (χ0n) is 14.2. The minimum Gasteiger partial charge on any atom is -0.322 e. The van der Waals surface area contributed by atoms with Crippen molar-refractivity contribution in [3.8, 4) is 0 Å². The molecule has 0 saturated heterocycles. The Bertz CT molecular complexity index is 953. The van der Waals surface area contributed by atoms with Crippen LogP contribution in [-0.4, -0.2) is 25.5 Å². The number of aromatic nitrogens is 4. The van der Waals surface area contributed by atoms with E-state index in [1.165, 1.54) is 13.1 Å². The third-order valence-corrected chi connectivity index (χ3v) is 4.55. The van der Waals surface area contributed by atoms with Crippen molar-refractivity contribution in [1.82, 2.24) is 19.6 Å². The lowest BCUT2D eigenvalue weighted by molar-refractivity contribution is -0.117. The Kier molecular flexibility index (Phi) is 5.76. The van der Waals surface area contributed by atoms with E-state index in [4.69, 9.17) is 23.2 Å². The topological polar surface area (TPSA) is 64.7 Å². The van der Waals surface area contributed by atoms with Crippen molar-refractivity contribution in [2.24, 2.45) is 0 Å². The molecule has 0 aliphatic rings. The zero-order valence-corrected chi connectivity index (χ0v) is 15.7. The molecule has 0 spiro atoms. The highest BCUT2D eigenvalue weighted by Crippen LogP contribution is 2.28. The van der Waals surface area contributed by atoms with Crippen LogP contribution in [0.4, 0.5) is 14.5 Å². The highest BCUT2D eigenvalue weighted by molar-refractivity contribution is 6.32. The fourth-order valence-electron chi connectivity index (χ4n) is 2.47. The summed E-state index contributed by atoms with van der Waals surface area (Å²) in [4.78, 5) is 12.2. The summed E-state index contributed by atoms with van der Waals surface area (Å²) in [6.07, 6.45) is 0.369. The Morgan fingerprint density at radius 2 is 1.96 bits per heavy atom. The fourth-order valence-corrected chi connectivity index (χ4v) is 2.81. The van der Waals surface area contributed by atoms with Crippen LogP contribution < -0.4 is 5.32 Å². The van der Waals surface area contributed by atoms with Crippen LogP contribution in [0.5, 0.6) is 0 Å². The van der Waals surface area contributed by atoms with Crippen molar-refractivity contribution < 1.29 is 13.6 Å². The van der Waals surface area contributed by atoms with E-state index in [0.717, 1.165) is 10.2 Å². The van der Waals surface area contributed by atoms with Gasteiger partial charge in [0.25, 0.3) is 6.43 Å². The number of carbonyl (C=O) groups is 1. The Hall–Kier alpha value is -2.45. The lowest BCUT2D eigenvalue weighted by Gasteiger charge is -2.05. The summed E-state index contributed by atoms with van der Waals surface area (Å²) < 4.78 is 28.5. The molecule has 1 N–H and O–H groups in total. The highest BCUT2D eigenvalue weighted by Gasteiger charge is 2.21. The van der Waals surface area contributed by atoms with Crippen LogP contribution in [0.15, 0.2) is 36.7 Å². The molecule has 1 amide bonds. The van der Waals surface area contributed by atoms with Crippen molar-refractivity contribution in [3.05, 3.63) is 63.7 Å². The van der Waals surface area contributed by atoms with Gasteiger partial charge in [0.1, 0.15) is 12.2 Å². The normalized spacial score (nSPS) is 11.2. The smallest absolute Gasteiger partial charge is 0.283 e. The molecule has 3 rings (SSSR count). The molecule has 0 aliphatic heterocycles. The van der Waals surface area contributed by atoms with Crippen LogP contribution in [-0.2, 0) is 17.9 Å². The number of alkyl halides is 2. The van der Waals surface area contributed by atoms with Crippen LogP contribution in [0, 0.1) is 6.92 Å². The second-order valence-electron chi connectivity index (χ2n) is 5.84. The van der Waals surface area contributed by atoms with Gasteiger partial charge in [-0.05, 0) is 24.6 Å². The van der Waals surface area contributed by atoms with E-state index in [9.17, 15) is 13.6 Å². The maximum atomic E-state index is 12.8. The molecule has 2 heterocycles. The van der Waals surface area contributed by atoms with Gasteiger partial charge < -0.3 is 5.32 Å². The predicted octanol–water partition coefficient (Wildman–Crippen LogP) is 4.32. The van der Waals surface area contributed by atoms with Gasteiger partial charge in [0.15, 0.2) is 0 Å². The number of anilines is 1. The number of hydrogen-bond acceptors (Lipinski definition) is 3. The van der Waals surface area contributed by atoms with E-state index >= 15 is 0 Å². The molecule has 2 aromatic heterocycles. The molecule has 10 heteroatoms. The molecule has 0 aliphatic carbocycles. The van der Waals surface area contributed by atoms with Crippen molar-refractivity contribution in [3.63, 3.8) is 0 Å². The minimum atomic E-state index is -2.80. The summed E-state index contributed by atoms with van der Waals surface area (Å²) >= 11 is 11.7. The lowest BCUT2D eigenvalue weighted by atomic mass is 10.2. The Morgan fingerprint density at radius 3 is 2.59 bits per heavy atom. The number of amides is 1. The van der Waals surface area contributed by atoms with Crippen molar-refractivity contribution in [2.45, 2.75) is 26.4 Å². The van der Waals surface area contributed by atoms with E-state index in [1.807, 2.05) is 12.1 Å². The largest absolute Gasteiger partial charge is 0.322 e. The number of rotatable bonds is 6. The molecule has 0 radical (unpaired) electrons. The SMILES string of the molecule is Cc1c(Cl)c(C(F)F)nn1CC(=O)Nc1cnn(Cc2ccc(Cl)cc2)c1. The third-order valence-electron chi connectivity index (χ3n) is 3.83. The zero-order chi connectivity index (χ0) is 19.6. The average Bonchev–Trinajstić information content (AvgIpc) is 3.16. The van der Waals surface area contributed by atoms with Crippen LogP contribution >= 0.6 is 23.2 Å². The van der Waals surface area contributed by atoms with E-state index in [-0.39, 0.29) is 11.6 Å². The predicted molar refractivity (Wildman–Crippen MR) is 98.3 cm³/mol. The summed E-state index contributed by atoms with van der Waals surface area (Å²) in [5.41, 5.74) is 1.26. The van der Waals surface area contributed by atoms with E-state index in [0.29, 0.717) is 22.9 Å². The standard InChI is InChI=1S/C17H15Cl2F2N5O/c1-10-15(19)16(17(20)21)24-26(10)9-14(27)23-13-6-22-25(8-13)7-11-2-4-12(18)5-3-11/h2-6,8,17H,7,9H2,1H3,(H,23,27). The number of nitrogens with one attached hydrogen (secondary N) is 1. The van der Waals surface area contributed by atoms with E-state index in [2.05, 4.69) is 15.5 Å². The van der Waals surface area contributed by atoms with Crippen molar-refractivity contribution in [2.75, 3.05) is 5.32 Å². The average molecular weight is 414 g/mol. The summed E-state index contributed by atoms with van der Waals surface area (Å²) in [5.74, 6) is -0.427. The van der Waals surface area contributed by atoms with E-state index < -0.39 is 18.0 Å². The van der Waals surface area contributed by atoms with Gasteiger partial charge in [0.05, 0.1) is 29.1 Å². The number of nitrogens with zero attached hydrogens (tertiary/aromatic N) is 4. The highest BCUT2D eigenvalue weighted by atomic mass is 35.5. The molecule has 0 saturated carbocycles. The first-order valence-electron chi connectivity index (χ1n) is 7.91. The number of benzene rings is 1. The Labute approximate surface area is 163 Å². The lowest BCUT2D eigenvalue weighted by Crippen LogP contribution is -2.20. The molecule has 142 valence electrons. The van der Waals surface area contributed by atoms with Crippen LogP contribution in [0.3, 0.4) is 0 Å². The second kappa shape index (κ2) is 8.06. The van der Waals surface area contributed by atoms with Crippen molar-refractivity contribution >= 4 is 34.8 Å². The molecule has 6 nitrogen and oxygen atoms in total. The Morgan fingerprint density at radius 1 is 1.26 bits per heavy atom.